The van der Waals surface area contributed by atoms with E-state index >= 15 is 0 Å². The fourth-order valence-corrected chi connectivity index (χ4v) is 3.36. The SMILES string of the molecule is CC1C=CC2(CCC(C(C)(C)C)CC2)C1=O. The number of rotatable bonds is 0. The van der Waals surface area contributed by atoms with E-state index in [2.05, 4.69) is 32.9 Å². The fraction of sp³-hybridized carbons (Fsp3) is 0.800. The van der Waals surface area contributed by atoms with Crippen LogP contribution in [0.2, 0.25) is 0 Å². The molecule has 16 heavy (non-hydrogen) atoms. The van der Waals surface area contributed by atoms with Crippen LogP contribution in [0.15, 0.2) is 12.2 Å². The van der Waals surface area contributed by atoms with E-state index in [0.29, 0.717) is 11.2 Å². The van der Waals surface area contributed by atoms with Crippen molar-refractivity contribution in [3.05, 3.63) is 12.2 Å². The van der Waals surface area contributed by atoms with Crippen LogP contribution in [0.3, 0.4) is 0 Å². The van der Waals surface area contributed by atoms with E-state index in [1.54, 1.807) is 0 Å². The first-order valence-electron chi connectivity index (χ1n) is 6.59. The maximum absolute atomic E-state index is 12.2. The minimum absolute atomic E-state index is 0.0683. The van der Waals surface area contributed by atoms with Crippen LogP contribution in [-0.2, 0) is 4.79 Å². The molecule has 1 atom stereocenters. The number of carbonyl (C=O) groups is 1. The van der Waals surface area contributed by atoms with Gasteiger partial charge in [-0.05, 0) is 37.0 Å². The largest absolute Gasteiger partial charge is 0.298 e. The molecule has 0 aliphatic heterocycles. The van der Waals surface area contributed by atoms with Crippen LogP contribution < -0.4 is 0 Å². The molecular weight excluding hydrogens is 196 g/mol. The highest BCUT2D eigenvalue weighted by Crippen LogP contribution is 2.49. The number of allylic oxidation sites excluding steroid dienone is 2. The summed E-state index contributed by atoms with van der Waals surface area (Å²) in [7, 11) is 0. The maximum atomic E-state index is 12.2. The van der Waals surface area contributed by atoms with E-state index in [0.717, 1.165) is 18.8 Å². The van der Waals surface area contributed by atoms with Gasteiger partial charge in [0.25, 0.3) is 0 Å². The maximum Gasteiger partial charge on any atom is 0.149 e. The monoisotopic (exact) mass is 220 g/mol. The van der Waals surface area contributed by atoms with Gasteiger partial charge in [-0.3, -0.25) is 4.79 Å². The number of hydrogen-bond acceptors (Lipinski definition) is 1. The average molecular weight is 220 g/mol. The second-order valence-corrected chi connectivity index (χ2v) is 6.81. The molecule has 2 rings (SSSR count). The molecule has 1 unspecified atom stereocenters. The smallest absolute Gasteiger partial charge is 0.149 e. The van der Waals surface area contributed by atoms with Crippen LogP contribution >= 0.6 is 0 Å². The third kappa shape index (κ3) is 1.85. The van der Waals surface area contributed by atoms with Crippen molar-refractivity contribution >= 4 is 5.78 Å². The molecule has 0 heterocycles. The molecule has 0 bridgehead atoms. The first-order valence-corrected chi connectivity index (χ1v) is 6.59. The van der Waals surface area contributed by atoms with Gasteiger partial charge in [0.15, 0.2) is 0 Å². The average Bonchev–Trinajstić information content (AvgIpc) is 2.47. The second-order valence-electron chi connectivity index (χ2n) is 6.81. The Labute approximate surface area is 99.3 Å². The molecule has 1 fully saturated rings. The van der Waals surface area contributed by atoms with Crippen molar-refractivity contribution in [2.45, 2.75) is 53.4 Å². The van der Waals surface area contributed by atoms with Crippen LogP contribution in [0.25, 0.3) is 0 Å². The van der Waals surface area contributed by atoms with Gasteiger partial charge in [0, 0.05) is 11.3 Å². The van der Waals surface area contributed by atoms with Crippen molar-refractivity contribution in [2.75, 3.05) is 0 Å². The minimum atomic E-state index is -0.0683. The molecular formula is C15H24O. The predicted molar refractivity (Wildman–Crippen MR) is 67.2 cm³/mol. The summed E-state index contributed by atoms with van der Waals surface area (Å²) in [6, 6.07) is 0. The Morgan fingerprint density at radius 1 is 1.25 bits per heavy atom. The van der Waals surface area contributed by atoms with Gasteiger partial charge in [-0.1, -0.05) is 39.8 Å². The highest BCUT2D eigenvalue weighted by atomic mass is 16.1. The van der Waals surface area contributed by atoms with Gasteiger partial charge in [-0.25, -0.2) is 0 Å². The molecule has 0 N–H and O–H groups in total. The topological polar surface area (TPSA) is 17.1 Å². The van der Waals surface area contributed by atoms with E-state index in [4.69, 9.17) is 0 Å². The molecule has 0 saturated heterocycles. The van der Waals surface area contributed by atoms with Crippen molar-refractivity contribution in [3.63, 3.8) is 0 Å². The molecule has 2 aliphatic rings. The summed E-state index contributed by atoms with van der Waals surface area (Å²) in [6.07, 6.45) is 8.90. The quantitative estimate of drug-likeness (QED) is 0.564. The molecule has 0 amide bonds. The zero-order chi connectivity index (χ0) is 12.0. The van der Waals surface area contributed by atoms with Crippen LogP contribution in [0.4, 0.5) is 0 Å². The van der Waals surface area contributed by atoms with Gasteiger partial charge in [0.1, 0.15) is 5.78 Å². The lowest BCUT2D eigenvalue weighted by Gasteiger charge is -2.41. The zero-order valence-corrected chi connectivity index (χ0v) is 11.0. The molecule has 1 heteroatoms. The van der Waals surface area contributed by atoms with Crippen molar-refractivity contribution in [2.24, 2.45) is 22.7 Å². The fourth-order valence-electron chi connectivity index (χ4n) is 3.36. The van der Waals surface area contributed by atoms with E-state index in [1.165, 1.54) is 12.8 Å². The molecule has 1 saturated carbocycles. The van der Waals surface area contributed by atoms with E-state index in [1.807, 2.05) is 6.92 Å². The minimum Gasteiger partial charge on any atom is -0.298 e. The molecule has 0 radical (unpaired) electrons. The van der Waals surface area contributed by atoms with Crippen LogP contribution in [0.5, 0.6) is 0 Å². The molecule has 1 spiro atoms. The summed E-state index contributed by atoms with van der Waals surface area (Å²) in [5.41, 5.74) is 0.333. The molecule has 0 aromatic heterocycles. The van der Waals surface area contributed by atoms with Gasteiger partial charge in [0.05, 0.1) is 0 Å². The molecule has 0 aromatic carbocycles. The Kier molecular flexibility index (Phi) is 2.76. The zero-order valence-electron chi connectivity index (χ0n) is 11.0. The van der Waals surface area contributed by atoms with Gasteiger partial charge in [-0.2, -0.15) is 0 Å². The lowest BCUT2D eigenvalue weighted by molar-refractivity contribution is -0.129. The van der Waals surface area contributed by atoms with Crippen molar-refractivity contribution in [1.29, 1.82) is 0 Å². The summed E-state index contributed by atoms with van der Waals surface area (Å²) in [5, 5.41) is 0. The van der Waals surface area contributed by atoms with E-state index < -0.39 is 0 Å². The standard InChI is InChI=1S/C15H24O/c1-11-5-8-15(13(11)16)9-6-12(7-10-15)14(2,3)4/h5,8,11-12H,6-7,9-10H2,1-4H3. The van der Waals surface area contributed by atoms with Crippen LogP contribution in [0.1, 0.15) is 53.4 Å². The van der Waals surface area contributed by atoms with E-state index in [9.17, 15) is 4.79 Å². The Balaban J connectivity index is 2.06. The summed E-state index contributed by atoms with van der Waals surface area (Å²) in [4.78, 5) is 12.2. The number of hydrogen-bond donors (Lipinski definition) is 0. The summed E-state index contributed by atoms with van der Waals surface area (Å²) in [5.74, 6) is 1.42. The van der Waals surface area contributed by atoms with Crippen molar-refractivity contribution in [1.82, 2.24) is 0 Å². The Bertz CT molecular complexity index is 311. The summed E-state index contributed by atoms with van der Waals surface area (Å²) >= 11 is 0. The second kappa shape index (κ2) is 3.72. The van der Waals surface area contributed by atoms with Crippen LogP contribution in [-0.4, -0.2) is 5.78 Å². The molecule has 2 aliphatic carbocycles. The Morgan fingerprint density at radius 2 is 1.81 bits per heavy atom. The van der Waals surface area contributed by atoms with Gasteiger partial charge in [-0.15, -0.1) is 0 Å². The normalized spacial score (nSPS) is 39.6. The highest BCUT2D eigenvalue weighted by molar-refractivity contribution is 5.92. The molecule has 90 valence electrons. The molecule has 0 aromatic rings. The number of Topliss-reactive ketones (excluding diaryl/α,β-unsaturated/α-hetero) is 1. The Morgan fingerprint density at radius 3 is 2.19 bits per heavy atom. The summed E-state index contributed by atoms with van der Waals surface area (Å²) < 4.78 is 0. The summed E-state index contributed by atoms with van der Waals surface area (Å²) in [6.45, 7) is 9.00. The van der Waals surface area contributed by atoms with Gasteiger partial charge in [0.2, 0.25) is 0 Å². The highest BCUT2D eigenvalue weighted by Gasteiger charge is 2.45. The first-order chi connectivity index (χ1) is 7.35. The predicted octanol–water partition coefficient (Wildman–Crippen LogP) is 3.98. The van der Waals surface area contributed by atoms with Crippen molar-refractivity contribution < 1.29 is 4.79 Å². The lowest BCUT2D eigenvalue weighted by atomic mass is 9.63. The number of ketones is 1. The lowest BCUT2D eigenvalue weighted by Crippen LogP contribution is -2.36. The van der Waals surface area contributed by atoms with E-state index in [-0.39, 0.29) is 11.3 Å². The van der Waals surface area contributed by atoms with Gasteiger partial charge >= 0.3 is 0 Å². The molecule has 1 nitrogen and oxygen atoms in total. The third-order valence-corrected chi connectivity index (χ3v) is 4.71. The number of carbonyl (C=O) groups excluding carboxylic acids is 1. The third-order valence-electron chi connectivity index (χ3n) is 4.71. The Hall–Kier alpha value is -0.590. The van der Waals surface area contributed by atoms with Crippen molar-refractivity contribution in [3.8, 4) is 0 Å². The van der Waals surface area contributed by atoms with Gasteiger partial charge < -0.3 is 0 Å². The van der Waals surface area contributed by atoms with Crippen LogP contribution in [0, 0.1) is 22.7 Å². The first kappa shape index (κ1) is 11.9.